The summed E-state index contributed by atoms with van der Waals surface area (Å²) in [6.45, 7) is 1.11. The van der Waals surface area contributed by atoms with Gasteiger partial charge in [0.2, 0.25) is 0 Å². The molecule has 1 amide bonds. The Hall–Kier alpha value is -0.810. The molecule has 58 valence electrons. The second kappa shape index (κ2) is 2.85. The molecule has 1 aliphatic heterocycles. The fourth-order valence-electron chi connectivity index (χ4n) is 0.860. The van der Waals surface area contributed by atoms with Gasteiger partial charge in [-0.05, 0) is 0 Å². The van der Waals surface area contributed by atoms with Crippen LogP contribution in [0.15, 0.2) is 0 Å². The van der Waals surface area contributed by atoms with Crippen LogP contribution in [0.1, 0.15) is 0 Å². The minimum absolute atomic E-state index is 0.298. The van der Waals surface area contributed by atoms with E-state index in [0.717, 1.165) is 0 Å². The summed E-state index contributed by atoms with van der Waals surface area (Å²) in [5.41, 5.74) is 5.40. The lowest BCUT2D eigenvalue weighted by Gasteiger charge is -2.30. The third-order valence-electron chi connectivity index (χ3n) is 1.41. The molecule has 1 saturated heterocycles. The van der Waals surface area contributed by atoms with Crippen LogP contribution in [0.2, 0.25) is 0 Å². The minimum Gasteiger partial charge on any atom is -0.465 e. The first-order chi connectivity index (χ1) is 4.72. The molecule has 1 aliphatic rings. The molecule has 0 aromatic rings. The van der Waals surface area contributed by atoms with Crippen LogP contribution < -0.4 is 5.73 Å². The molecule has 1 rings (SSSR count). The predicted molar refractivity (Wildman–Crippen MR) is 33.5 cm³/mol. The van der Waals surface area contributed by atoms with Gasteiger partial charge in [-0.2, -0.15) is 0 Å². The van der Waals surface area contributed by atoms with Gasteiger partial charge in [0.1, 0.15) is 6.17 Å². The second-order valence-electron chi connectivity index (χ2n) is 2.12. The highest BCUT2D eigenvalue weighted by Crippen LogP contribution is 2.00. The quantitative estimate of drug-likeness (QED) is 0.473. The van der Waals surface area contributed by atoms with Crippen molar-refractivity contribution >= 4 is 6.09 Å². The van der Waals surface area contributed by atoms with E-state index in [-0.39, 0.29) is 0 Å². The minimum atomic E-state index is -0.976. The summed E-state index contributed by atoms with van der Waals surface area (Å²) in [6.07, 6.45) is -1.47. The molecule has 0 spiro atoms. The first-order valence-corrected chi connectivity index (χ1v) is 3.04. The number of hydrogen-bond donors (Lipinski definition) is 2. The molecule has 10 heavy (non-hydrogen) atoms. The molecular formula is C5H10N2O3. The number of carboxylic acid groups (broad SMARTS) is 1. The molecule has 0 bridgehead atoms. The van der Waals surface area contributed by atoms with E-state index < -0.39 is 12.3 Å². The summed E-state index contributed by atoms with van der Waals surface area (Å²) < 4.78 is 4.93. The summed E-state index contributed by atoms with van der Waals surface area (Å²) in [4.78, 5) is 11.5. The molecule has 1 fully saturated rings. The molecule has 0 aliphatic carbocycles. The summed E-state index contributed by atoms with van der Waals surface area (Å²) in [6, 6.07) is 0. The Bertz CT molecular complexity index is 139. The third kappa shape index (κ3) is 1.37. The van der Waals surface area contributed by atoms with Crippen LogP contribution in [0.25, 0.3) is 0 Å². The van der Waals surface area contributed by atoms with Crippen molar-refractivity contribution in [3.05, 3.63) is 0 Å². The number of nitrogens with two attached hydrogens (primary N) is 1. The molecule has 0 aromatic carbocycles. The Morgan fingerprint density at radius 3 is 2.90 bits per heavy atom. The summed E-state index contributed by atoms with van der Waals surface area (Å²) >= 11 is 0. The van der Waals surface area contributed by atoms with Gasteiger partial charge in [-0.15, -0.1) is 0 Å². The van der Waals surface area contributed by atoms with Crippen LogP contribution in [0, 0.1) is 0 Å². The first kappa shape index (κ1) is 7.30. The van der Waals surface area contributed by atoms with Gasteiger partial charge in [0, 0.05) is 6.54 Å². The molecule has 1 unspecified atom stereocenters. The van der Waals surface area contributed by atoms with E-state index in [1.54, 1.807) is 0 Å². The zero-order chi connectivity index (χ0) is 7.56. The molecule has 5 nitrogen and oxygen atoms in total. The van der Waals surface area contributed by atoms with Crippen molar-refractivity contribution in [2.24, 2.45) is 5.73 Å². The number of ether oxygens (including phenoxy) is 1. The van der Waals surface area contributed by atoms with Gasteiger partial charge >= 0.3 is 6.09 Å². The van der Waals surface area contributed by atoms with E-state index in [4.69, 9.17) is 15.6 Å². The van der Waals surface area contributed by atoms with Crippen molar-refractivity contribution in [3.8, 4) is 0 Å². The maximum absolute atomic E-state index is 10.4. The standard InChI is InChI=1S/C5H10N2O3/c6-4-3-10-2-1-7(4)5(8)9/h4H,1-3,6H2,(H,8,9). The Balaban J connectivity index is 2.47. The van der Waals surface area contributed by atoms with Gasteiger partial charge in [0.15, 0.2) is 0 Å². The Kier molecular flexibility index (Phi) is 2.08. The highest BCUT2D eigenvalue weighted by Gasteiger charge is 2.22. The maximum atomic E-state index is 10.4. The summed E-state index contributed by atoms with van der Waals surface area (Å²) in [5, 5.41) is 8.50. The van der Waals surface area contributed by atoms with Gasteiger partial charge in [-0.25, -0.2) is 4.79 Å². The zero-order valence-corrected chi connectivity index (χ0v) is 5.49. The van der Waals surface area contributed by atoms with Crippen LogP contribution in [0.5, 0.6) is 0 Å². The lowest BCUT2D eigenvalue weighted by Crippen LogP contribution is -2.52. The van der Waals surface area contributed by atoms with Crippen molar-refractivity contribution < 1.29 is 14.6 Å². The second-order valence-corrected chi connectivity index (χ2v) is 2.12. The Morgan fingerprint density at radius 1 is 1.80 bits per heavy atom. The van der Waals surface area contributed by atoms with Crippen LogP contribution in [0.4, 0.5) is 4.79 Å². The lowest BCUT2D eigenvalue weighted by atomic mass is 10.4. The first-order valence-electron chi connectivity index (χ1n) is 3.04. The smallest absolute Gasteiger partial charge is 0.408 e. The van der Waals surface area contributed by atoms with E-state index in [2.05, 4.69) is 0 Å². The van der Waals surface area contributed by atoms with Crippen LogP contribution >= 0.6 is 0 Å². The van der Waals surface area contributed by atoms with E-state index >= 15 is 0 Å². The highest BCUT2D eigenvalue weighted by molar-refractivity contribution is 5.65. The number of morpholine rings is 1. The maximum Gasteiger partial charge on any atom is 0.408 e. The number of rotatable bonds is 0. The molecule has 0 saturated carbocycles. The number of nitrogens with zero attached hydrogens (tertiary/aromatic N) is 1. The highest BCUT2D eigenvalue weighted by atomic mass is 16.5. The van der Waals surface area contributed by atoms with Crippen LogP contribution in [-0.4, -0.2) is 42.0 Å². The van der Waals surface area contributed by atoms with Gasteiger partial charge in [0.05, 0.1) is 13.2 Å². The molecule has 1 atom stereocenters. The van der Waals surface area contributed by atoms with E-state index in [1.165, 1.54) is 4.90 Å². The Labute approximate surface area is 58.4 Å². The SMILES string of the molecule is NC1COCCN1C(=O)O. The van der Waals surface area contributed by atoms with Gasteiger partial charge in [-0.1, -0.05) is 0 Å². The number of hydrogen-bond acceptors (Lipinski definition) is 3. The zero-order valence-electron chi connectivity index (χ0n) is 5.49. The molecular weight excluding hydrogens is 136 g/mol. The lowest BCUT2D eigenvalue weighted by molar-refractivity contribution is 0.00226. The molecule has 3 N–H and O–H groups in total. The van der Waals surface area contributed by atoms with Gasteiger partial charge in [0.25, 0.3) is 0 Å². The van der Waals surface area contributed by atoms with Gasteiger partial charge < -0.3 is 15.6 Å². The normalized spacial score (nSPS) is 26.5. The van der Waals surface area contributed by atoms with Crippen molar-refractivity contribution in [2.75, 3.05) is 19.8 Å². The average molecular weight is 146 g/mol. The number of amides is 1. The average Bonchev–Trinajstić information content (AvgIpc) is 1.88. The van der Waals surface area contributed by atoms with Crippen LogP contribution in [-0.2, 0) is 4.74 Å². The van der Waals surface area contributed by atoms with Crippen molar-refractivity contribution in [2.45, 2.75) is 6.17 Å². The largest absolute Gasteiger partial charge is 0.465 e. The summed E-state index contributed by atoms with van der Waals surface area (Å²) in [5.74, 6) is 0. The van der Waals surface area contributed by atoms with Crippen molar-refractivity contribution in [1.82, 2.24) is 4.90 Å². The topological polar surface area (TPSA) is 75.8 Å². The molecule has 1 heterocycles. The van der Waals surface area contributed by atoms with E-state index in [9.17, 15) is 4.79 Å². The predicted octanol–water partition coefficient (Wildman–Crippen LogP) is -0.719. The van der Waals surface area contributed by atoms with Crippen molar-refractivity contribution in [1.29, 1.82) is 0 Å². The molecule has 0 aromatic heterocycles. The fourth-order valence-corrected chi connectivity index (χ4v) is 0.860. The molecule has 5 heteroatoms. The Morgan fingerprint density at radius 2 is 2.50 bits per heavy atom. The third-order valence-corrected chi connectivity index (χ3v) is 1.41. The van der Waals surface area contributed by atoms with E-state index in [1.807, 2.05) is 0 Å². The van der Waals surface area contributed by atoms with E-state index in [0.29, 0.717) is 19.8 Å². The number of carbonyl (C=O) groups is 1. The fraction of sp³-hybridized carbons (Fsp3) is 0.800. The monoisotopic (exact) mass is 146 g/mol. The summed E-state index contributed by atoms with van der Waals surface area (Å²) in [7, 11) is 0. The van der Waals surface area contributed by atoms with Gasteiger partial charge in [-0.3, -0.25) is 4.90 Å². The van der Waals surface area contributed by atoms with Crippen molar-refractivity contribution in [3.63, 3.8) is 0 Å². The van der Waals surface area contributed by atoms with Crippen LogP contribution in [0.3, 0.4) is 0 Å². The molecule has 0 radical (unpaired) electrons.